The fraction of sp³-hybridized carbons (Fsp3) is 0. The maximum atomic E-state index is 12.8. The van der Waals surface area contributed by atoms with E-state index in [9.17, 15) is 18.0 Å². The number of H-pyrrole nitrogens is 2. The Balaban J connectivity index is 1.65. The minimum absolute atomic E-state index is 0.0455. The third kappa shape index (κ3) is 3.40. The van der Waals surface area contributed by atoms with Gasteiger partial charge in [0.25, 0.3) is 15.9 Å². The summed E-state index contributed by atoms with van der Waals surface area (Å²) in [4.78, 5) is 28.9. The molecule has 0 saturated heterocycles. The number of sulfonamides is 1. The number of para-hydroxylation sites is 1. The molecule has 0 aliphatic heterocycles. The first-order chi connectivity index (χ1) is 13.4. The van der Waals surface area contributed by atoms with E-state index in [0.717, 1.165) is 0 Å². The van der Waals surface area contributed by atoms with Crippen molar-refractivity contribution in [2.45, 2.75) is 4.90 Å². The summed E-state index contributed by atoms with van der Waals surface area (Å²) in [7, 11) is -3.99. The molecule has 0 fully saturated rings. The molecule has 0 unspecified atom stereocenters. The van der Waals surface area contributed by atoms with Crippen LogP contribution in [-0.2, 0) is 10.0 Å². The van der Waals surface area contributed by atoms with Gasteiger partial charge in [0.15, 0.2) is 0 Å². The van der Waals surface area contributed by atoms with E-state index in [0.29, 0.717) is 11.0 Å². The van der Waals surface area contributed by atoms with Crippen LogP contribution in [0.2, 0.25) is 0 Å². The van der Waals surface area contributed by atoms with E-state index in [4.69, 9.17) is 0 Å². The summed E-state index contributed by atoms with van der Waals surface area (Å²) in [5.74, 6) is -0.472. The molecule has 0 saturated carbocycles. The van der Waals surface area contributed by atoms with Crippen LogP contribution in [0.5, 0.6) is 0 Å². The molecule has 0 aliphatic rings. The van der Waals surface area contributed by atoms with Crippen molar-refractivity contribution in [3.8, 4) is 0 Å². The number of imidazole rings is 1. The van der Waals surface area contributed by atoms with Crippen molar-refractivity contribution in [3.63, 3.8) is 0 Å². The van der Waals surface area contributed by atoms with Gasteiger partial charge < -0.3 is 9.97 Å². The zero-order valence-corrected chi connectivity index (χ0v) is 15.2. The first-order valence-electron chi connectivity index (χ1n) is 8.21. The quantitative estimate of drug-likeness (QED) is 0.409. The molecule has 0 spiro atoms. The van der Waals surface area contributed by atoms with Gasteiger partial charge in [-0.3, -0.25) is 19.6 Å². The first-order valence-corrected chi connectivity index (χ1v) is 9.69. The van der Waals surface area contributed by atoms with Crippen molar-refractivity contribution in [1.29, 1.82) is 0 Å². The molecule has 0 atom stereocenters. The van der Waals surface area contributed by atoms with Crippen LogP contribution in [0.25, 0.3) is 11.0 Å². The van der Waals surface area contributed by atoms with E-state index in [1.54, 1.807) is 36.7 Å². The summed E-state index contributed by atoms with van der Waals surface area (Å²) in [6.45, 7) is 0. The number of carbonyl (C=O) groups excluding carboxylic acids is 1. The van der Waals surface area contributed by atoms with Gasteiger partial charge in [0.05, 0.1) is 27.2 Å². The van der Waals surface area contributed by atoms with Crippen LogP contribution in [0.3, 0.4) is 0 Å². The number of benzene rings is 2. The lowest BCUT2D eigenvalue weighted by Crippen LogP contribution is -2.23. The summed E-state index contributed by atoms with van der Waals surface area (Å²) in [5, 5.41) is 0. The average molecular weight is 397 g/mol. The summed E-state index contributed by atoms with van der Waals surface area (Å²) in [6, 6.07) is 14.0. The van der Waals surface area contributed by atoms with Gasteiger partial charge in [-0.1, -0.05) is 12.1 Å². The number of amides is 1. The van der Waals surface area contributed by atoms with Crippen molar-refractivity contribution in [2.75, 3.05) is 10.1 Å². The highest BCUT2D eigenvalue weighted by atomic mass is 32.2. The van der Waals surface area contributed by atoms with Crippen molar-refractivity contribution >= 4 is 32.7 Å². The SMILES string of the molecule is O=C(Nn1cccc1)c1ccccc1NS(=O)(=O)c1ccc2[nH]c(=O)[nH]c2c1. The number of nitrogens with zero attached hydrogens (tertiary/aromatic N) is 1. The normalized spacial score (nSPS) is 11.4. The maximum Gasteiger partial charge on any atom is 0.323 e. The standard InChI is InChI=1S/C18H15N5O4S/c24-17(21-23-9-3-4-10-23)13-5-1-2-6-14(13)22-28(26,27)12-7-8-15-16(11-12)20-18(25)19-15/h1-11,22H,(H,21,24)(H2,19,20,25). The molecular weight excluding hydrogens is 382 g/mol. The van der Waals surface area contributed by atoms with Gasteiger partial charge in [-0.15, -0.1) is 0 Å². The lowest BCUT2D eigenvalue weighted by molar-refractivity contribution is 0.101. The minimum Gasteiger partial charge on any atom is -0.306 e. The van der Waals surface area contributed by atoms with Gasteiger partial charge in [0.1, 0.15) is 0 Å². The van der Waals surface area contributed by atoms with Crippen LogP contribution >= 0.6 is 0 Å². The average Bonchev–Trinajstić information content (AvgIpc) is 3.29. The predicted octanol–water partition coefficient (Wildman–Crippen LogP) is 1.84. The lowest BCUT2D eigenvalue weighted by Gasteiger charge is -2.13. The second kappa shape index (κ2) is 6.74. The van der Waals surface area contributed by atoms with Gasteiger partial charge in [-0.2, -0.15) is 0 Å². The van der Waals surface area contributed by atoms with Crippen LogP contribution in [0, 0.1) is 0 Å². The van der Waals surface area contributed by atoms with Gasteiger partial charge in [-0.25, -0.2) is 13.2 Å². The summed E-state index contributed by atoms with van der Waals surface area (Å²) >= 11 is 0. The Morgan fingerprint density at radius 1 is 0.929 bits per heavy atom. The molecule has 2 aromatic carbocycles. The van der Waals surface area contributed by atoms with Gasteiger partial charge in [0, 0.05) is 12.4 Å². The number of fused-ring (bicyclic) bond motifs is 1. The highest BCUT2D eigenvalue weighted by molar-refractivity contribution is 7.92. The number of hydrogen-bond acceptors (Lipinski definition) is 4. The van der Waals surface area contributed by atoms with E-state index < -0.39 is 21.6 Å². The van der Waals surface area contributed by atoms with E-state index >= 15 is 0 Å². The Bertz CT molecular complexity index is 1320. The summed E-state index contributed by atoms with van der Waals surface area (Å²) in [5.41, 5.74) is 3.36. The third-order valence-electron chi connectivity index (χ3n) is 4.05. The number of hydrogen-bond donors (Lipinski definition) is 4. The number of nitrogens with one attached hydrogen (secondary N) is 4. The van der Waals surface area contributed by atoms with Gasteiger partial charge in [0.2, 0.25) is 0 Å². The molecule has 2 heterocycles. The van der Waals surface area contributed by atoms with Crippen molar-refractivity contribution in [1.82, 2.24) is 14.6 Å². The number of rotatable bonds is 5. The van der Waals surface area contributed by atoms with Gasteiger partial charge in [-0.05, 0) is 42.5 Å². The Hall–Kier alpha value is -3.79. The second-order valence-corrected chi connectivity index (χ2v) is 7.65. The summed E-state index contributed by atoms with van der Waals surface area (Å²) in [6.07, 6.45) is 3.30. The minimum atomic E-state index is -3.99. The van der Waals surface area contributed by atoms with Crippen LogP contribution in [0.15, 0.2) is 76.7 Å². The largest absolute Gasteiger partial charge is 0.323 e. The Labute approximate surface area is 159 Å². The van der Waals surface area contributed by atoms with Crippen LogP contribution < -0.4 is 15.8 Å². The Morgan fingerprint density at radius 2 is 1.64 bits per heavy atom. The van der Waals surface area contributed by atoms with E-state index in [1.165, 1.54) is 35.0 Å². The molecule has 142 valence electrons. The molecule has 2 aromatic heterocycles. The highest BCUT2D eigenvalue weighted by Crippen LogP contribution is 2.22. The number of aromatic nitrogens is 3. The van der Waals surface area contributed by atoms with Crippen molar-refractivity contribution in [2.24, 2.45) is 0 Å². The molecule has 0 bridgehead atoms. The fourth-order valence-electron chi connectivity index (χ4n) is 2.74. The predicted molar refractivity (Wildman–Crippen MR) is 104 cm³/mol. The van der Waals surface area contributed by atoms with Gasteiger partial charge >= 0.3 is 5.69 Å². The molecule has 1 amide bonds. The van der Waals surface area contributed by atoms with E-state index in [1.807, 2.05) is 0 Å². The topological polar surface area (TPSA) is 129 Å². The molecule has 4 N–H and O–H groups in total. The van der Waals surface area contributed by atoms with Crippen molar-refractivity contribution < 1.29 is 13.2 Å². The van der Waals surface area contributed by atoms with E-state index in [-0.39, 0.29) is 16.1 Å². The molecule has 4 rings (SSSR count). The Kier molecular flexibility index (Phi) is 4.24. The number of carbonyl (C=O) groups is 1. The van der Waals surface area contributed by atoms with Crippen LogP contribution in [0.4, 0.5) is 5.69 Å². The summed E-state index contributed by atoms with van der Waals surface area (Å²) < 4.78 is 29.5. The maximum absolute atomic E-state index is 12.8. The lowest BCUT2D eigenvalue weighted by atomic mass is 10.2. The van der Waals surface area contributed by atoms with Crippen molar-refractivity contribution in [3.05, 3.63) is 83.0 Å². The molecule has 10 heteroatoms. The zero-order chi connectivity index (χ0) is 19.7. The Morgan fingerprint density at radius 3 is 2.43 bits per heavy atom. The highest BCUT2D eigenvalue weighted by Gasteiger charge is 2.19. The first kappa shape index (κ1) is 17.6. The number of anilines is 1. The second-order valence-electron chi connectivity index (χ2n) is 5.97. The molecular formula is C18H15N5O4S. The fourth-order valence-corrected chi connectivity index (χ4v) is 3.84. The molecule has 28 heavy (non-hydrogen) atoms. The molecule has 9 nitrogen and oxygen atoms in total. The molecule has 4 aromatic rings. The van der Waals surface area contributed by atoms with Crippen LogP contribution in [-0.4, -0.2) is 29.0 Å². The third-order valence-corrected chi connectivity index (χ3v) is 5.41. The zero-order valence-electron chi connectivity index (χ0n) is 14.3. The molecule has 0 radical (unpaired) electrons. The van der Waals surface area contributed by atoms with E-state index in [2.05, 4.69) is 20.1 Å². The van der Waals surface area contributed by atoms with Crippen LogP contribution in [0.1, 0.15) is 10.4 Å². The smallest absolute Gasteiger partial charge is 0.306 e. The molecule has 0 aliphatic carbocycles. The number of aromatic amines is 2. The monoisotopic (exact) mass is 397 g/mol.